The Morgan fingerprint density at radius 2 is 0.974 bits per heavy atom. The van der Waals surface area contributed by atoms with Gasteiger partial charge in [0.05, 0.1) is 0 Å². The third-order valence-corrected chi connectivity index (χ3v) is 7.53. The first-order chi connectivity index (χ1) is 18.7. The molecule has 0 amide bonds. The topological polar surface area (TPSA) is 0 Å². The Kier molecular flexibility index (Phi) is 5.86. The predicted octanol–water partition coefficient (Wildman–Crippen LogP) is 11.1. The van der Waals surface area contributed by atoms with E-state index < -0.39 is 0 Å². The first-order valence-corrected chi connectivity index (χ1v) is 12.8. The monoisotopic (exact) mass is 484 g/mol. The summed E-state index contributed by atoms with van der Waals surface area (Å²) in [7, 11) is 0. The molecule has 0 aromatic heterocycles. The van der Waals surface area contributed by atoms with E-state index >= 15 is 0 Å². The molecule has 0 fully saturated rings. The van der Waals surface area contributed by atoms with Gasteiger partial charge in [-0.25, -0.2) is 0 Å². The van der Waals surface area contributed by atoms with Crippen molar-refractivity contribution in [3.05, 3.63) is 146 Å². The molecule has 6 rings (SSSR count). The van der Waals surface area contributed by atoms with Gasteiger partial charge in [0.25, 0.3) is 0 Å². The molecule has 0 nitrogen and oxygen atoms in total. The molecule has 0 heteroatoms. The summed E-state index contributed by atoms with van der Waals surface area (Å²) in [6.45, 7) is 16.8. The standard InChI is InChI=1S/C38H28/c1-5-25-18-13-19-34(31(25)6-2)38-33(8-4)32(7-3)37(30-21-20-26-14-9-10-15-27(26)22-30)35-23-28-16-11-12-17-29(28)24-36(35)38/h5-24H,1-4H2. The molecule has 0 saturated carbocycles. The number of hydrogen-bond donors (Lipinski definition) is 0. The molecule has 0 spiro atoms. The maximum absolute atomic E-state index is 4.28. The van der Waals surface area contributed by atoms with Gasteiger partial charge in [0, 0.05) is 0 Å². The summed E-state index contributed by atoms with van der Waals surface area (Å²) in [5, 5.41) is 7.21. The van der Waals surface area contributed by atoms with Crippen molar-refractivity contribution in [3.63, 3.8) is 0 Å². The summed E-state index contributed by atoms with van der Waals surface area (Å²) in [5.74, 6) is 0. The number of benzene rings is 6. The average molecular weight is 485 g/mol. The molecule has 0 unspecified atom stereocenters. The van der Waals surface area contributed by atoms with Gasteiger partial charge >= 0.3 is 0 Å². The molecule has 0 heterocycles. The van der Waals surface area contributed by atoms with Gasteiger partial charge in [0.15, 0.2) is 0 Å². The second-order valence-corrected chi connectivity index (χ2v) is 9.51. The van der Waals surface area contributed by atoms with Gasteiger partial charge in [-0.15, -0.1) is 0 Å². The Labute approximate surface area is 224 Å². The van der Waals surface area contributed by atoms with Gasteiger partial charge < -0.3 is 0 Å². The van der Waals surface area contributed by atoms with Crippen LogP contribution >= 0.6 is 0 Å². The highest BCUT2D eigenvalue weighted by Crippen LogP contribution is 2.46. The molecule has 38 heavy (non-hydrogen) atoms. The van der Waals surface area contributed by atoms with Crippen LogP contribution in [0.15, 0.2) is 123 Å². The Bertz CT molecular complexity index is 1930. The van der Waals surface area contributed by atoms with Gasteiger partial charge in [-0.2, -0.15) is 0 Å². The van der Waals surface area contributed by atoms with E-state index in [1.54, 1.807) is 0 Å². The molecule has 0 saturated heterocycles. The molecule has 180 valence electrons. The highest BCUT2D eigenvalue weighted by atomic mass is 14.2. The molecular weight excluding hydrogens is 456 g/mol. The fraction of sp³-hybridized carbons (Fsp3) is 0. The molecule has 6 aromatic rings. The zero-order valence-electron chi connectivity index (χ0n) is 21.4. The van der Waals surface area contributed by atoms with Crippen LogP contribution in [0.3, 0.4) is 0 Å². The Morgan fingerprint density at radius 3 is 1.58 bits per heavy atom. The van der Waals surface area contributed by atoms with E-state index in [4.69, 9.17) is 0 Å². The first kappa shape index (κ1) is 23.5. The summed E-state index contributed by atoms with van der Waals surface area (Å²) >= 11 is 0. The lowest BCUT2D eigenvalue weighted by Crippen LogP contribution is -1.98. The van der Waals surface area contributed by atoms with Crippen molar-refractivity contribution in [1.29, 1.82) is 0 Å². The highest BCUT2D eigenvalue weighted by Gasteiger charge is 2.21. The smallest absolute Gasteiger partial charge is 0.00201 e. The van der Waals surface area contributed by atoms with E-state index in [-0.39, 0.29) is 0 Å². The normalized spacial score (nSPS) is 11.1. The number of fused-ring (bicyclic) bond motifs is 3. The van der Waals surface area contributed by atoms with Crippen LogP contribution in [0.1, 0.15) is 22.3 Å². The molecular formula is C38H28. The Balaban J connectivity index is 1.85. The fourth-order valence-electron chi connectivity index (χ4n) is 5.79. The minimum Gasteiger partial charge on any atom is -0.0984 e. The molecule has 0 aliphatic heterocycles. The lowest BCUT2D eigenvalue weighted by Gasteiger charge is -2.22. The third-order valence-electron chi connectivity index (χ3n) is 7.53. The lowest BCUT2D eigenvalue weighted by atomic mass is 9.81. The summed E-state index contributed by atoms with van der Waals surface area (Å²) in [4.78, 5) is 0. The van der Waals surface area contributed by atoms with Crippen molar-refractivity contribution in [2.24, 2.45) is 0 Å². The van der Waals surface area contributed by atoms with Gasteiger partial charge in [0.2, 0.25) is 0 Å². The van der Waals surface area contributed by atoms with E-state index in [0.29, 0.717) is 0 Å². The minimum atomic E-state index is 1.06. The molecule has 0 aliphatic carbocycles. The highest BCUT2D eigenvalue weighted by molar-refractivity contribution is 6.16. The average Bonchev–Trinajstić information content (AvgIpc) is 2.98. The minimum absolute atomic E-state index is 1.06. The van der Waals surface area contributed by atoms with Crippen LogP contribution in [0.4, 0.5) is 0 Å². The van der Waals surface area contributed by atoms with Crippen LogP contribution in [0, 0.1) is 0 Å². The van der Waals surface area contributed by atoms with Gasteiger partial charge in [-0.05, 0) is 95.0 Å². The van der Waals surface area contributed by atoms with Crippen LogP contribution < -0.4 is 0 Å². The van der Waals surface area contributed by atoms with Crippen molar-refractivity contribution in [2.75, 3.05) is 0 Å². The third kappa shape index (κ3) is 3.62. The van der Waals surface area contributed by atoms with Gasteiger partial charge in [0.1, 0.15) is 0 Å². The van der Waals surface area contributed by atoms with E-state index in [1.807, 2.05) is 24.3 Å². The predicted molar refractivity (Wildman–Crippen MR) is 170 cm³/mol. The second-order valence-electron chi connectivity index (χ2n) is 9.51. The zero-order valence-corrected chi connectivity index (χ0v) is 21.4. The largest absolute Gasteiger partial charge is 0.0984 e. The van der Waals surface area contributed by atoms with Gasteiger partial charge in [-0.1, -0.05) is 129 Å². The summed E-state index contributed by atoms with van der Waals surface area (Å²) < 4.78 is 0. The molecule has 0 atom stereocenters. The van der Waals surface area contributed by atoms with Crippen molar-refractivity contribution in [1.82, 2.24) is 0 Å². The molecule has 0 aliphatic rings. The van der Waals surface area contributed by atoms with Crippen LogP contribution in [0.5, 0.6) is 0 Å². The summed E-state index contributed by atoms with van der Waals surface area (Å²) in [6, 6.07) is 34.7. The van der Waals surface area contributed by atoms with E-state index in [2.05, 4.69) is 123 Å². The van der Waals surface area contributed by atoms with Crippen LogP contribution in [0.25, 0.3) is 78.9 Å². The zero-order chi connectivity index (χ0) is 26.2. The SMILES string of the molecule is C=Cc1cccc(-c2c(C=C)c(C=C)c(-c3ccc4ccccc4c3)c3cc4ccccc4cc23)c1C=C. The van der Waals surface area contributed by atoms with Crippen LogP contribution in [-0.4, -0.2) is 0 Å². The number of hydrogen-bond acceptors (Lipinski definition) is 0. The molecule has 0 radical (unpaired) electrons. The quantitative estimate of drug-likeness (QED) is 0.206. The van der Waals surface area contributed by atoms with Crippen LogP contribution in [-0.2, 0) is 0 Å². The second kappa shape index (κ2) is 9.50. The maximum Gasteiger partial charge on any atom is -0.00201 e. The maximum atomic E-state index is 4.28. The number of rotatable bonds is 6. The van der Waals surface area contributed by atoms with Crippen molar-refractivity contribution < 1.29 is 0 Å². The van der Waals surface area contributed by atoms with Crippen molar-refractivity contribution >= 4 is 56.6 Å². The van der Waals surface area contributed by atoms with Crippen molar-refractivity contribution in [2.45, 2.75) is 0 Å². The molecule has 0 N–H and O–H groups in total. The van der Waals surface area contributed by atoms with Gasteiger partial charge in [-0.3, -0.25) is 0 Å². The lowest BCUT2D eigenvalue weighted by molar-refractivity contribution is 1.56. The first-order valence-electron chi connectivity index (χ1n) is 12.8. The summed E-state index contributed by atoms with van der Waals surface area (Å²) in [5.41, 5.74) is 8.85. The Hall–Kier alpha value is -4.94. The van der Waals surface area contributed by atoms with E-state index in [9.17, 15) is 0 Å². The van der Waals surface area contributed by atoms with E-state index in [1.165, 1.54) is 37.9 Å². The van der Waals surface area contributed by atoms with Crippen LogP contribution in [0.2, 0.25) is 0 Å². The summed E-state index contributed by atoms with van der Waals surface area (Å²) in [6.07, 6.45) is 7.77. The van der Waals surface area contributed by atoms with E-state index in [0.717, 1.165) is 38.9 Å². The molecule has 0 bridgehead atoms. The fourth-order valence-corrected chi connectivity index (χ4v) is 5.79. The van der Waals surface area contributed by atoms with Crippen molar-refractivity contribution in [3.8, 4) is 22.3 Å². The Morgan fingerprint density at radius 1 is 0.421 bits per heavy atom. The molecule has 6 aromatic carbocycles.